The van der Waals surface area contributed by atoms with Crippen molar-refractivity contribution >= 4 is 17.5 Å². The number of piperazine rings is 1. The molecule has 0 atom stereocenters. The Hall–Kier alpha value is -2.30. The molecule has 0 amide bonds. The minimum Gasteiger partial charge on any atom is -0.368 e. The Morgan fingerprint density at radius 3 is 2.32 bits per heavy atom. The SMILES string of the molecule is Cc1cc(NC2CCCC2)nc(N2CCN(c3ccccc3)CC2)n1. The van der Waals surface area contributed by atoms with Gasteiger partial charge in [0.2, 0.25) is 5.95 Å². The summed E-state index contributed by atoms with van der Waals surface area (Å²) in [6, 6.07) is 13.3. The lowest BCUT2D eigenvalue weighted by Crippen LogP contribution is -2.47. The molecule has 0 bridgehead atoms. The van der Waals surface area contributed by atoms with Gasteiger partial charge in [-0.1, -0.05) is 31.0 Å². The Balaban J connectivity index is 1.42. The summed E-state index contributed by atoms with van der Waals surface area (Å²) in [7, 11) is 0. The number of anilines is 3. The van der Waals surface area contributed by atoms with Crippen LogP contribution in [0.3, 0.4) is 0 Å². The minimum absolute atomic E-state index is 0.581. The van der Waals surface area contributed by atoms with Crippen LogP contribution in [0.15, 0.2) is 36.4 Å². The quantitative estimate of drug-likeness (QED) is 0.925. The molecule has 2 aromatic rings. The van der Waals surface area contributed by atoms with Crippen LogP contribution in [0, 0.1) is 6.92 Å². The fraction of sp³-hybridized carbons (Fsp3) is 0.500. The van der Waals surface area contributed by atoms with Crippen LogP contribution in [0.2, 0.25) is 0 Å². The highest BCUT2D eigenvalue weighted by molar-refractivity contribution is 5.49. The van der Waals surface area contributed by atoms with E-state index in [4.69, 9.17) is 4.98 Å². The molecular weight excluding hydrogens is 310 g/mol. The lowest BCUT2D eigenvalue weighted by molar-refractivity contribution is 0.638. The molecule has 132 valence electrons. The molecule has 2 heterocycles. The Kier molecular flexibility index (Phi) is 4.72. The largest absolute Gasteiger partial charge is 0.368 e. The van der Waals surface area contributed by atoms with Crippen LogP contribution in [-0.4, -0.2) is 42.2 Å². The second kappa shape index (κ2) is 7.30. The van der Waals surface area contributed by atoms with Crippen molar-refractivity contribution in [2.75, 3.05) is 41.3 Å². The van der Waals surface area contributed by atoms with E-state index in [1.165, 1.54) is 31.4 Å². The number of rotatable bonds is 4. The zero-order valence-electron chi connectivity index (χ0n) is 15.0. The number of aryl methyl sites for hydroxylation is 1. The Morgan fingerprint density at radius 2 is 1.60 bits per heavy atom. The monoisotopic (exact) mass is 337 g/mol. The summed E-state index contributed by atoms with van der Waals surface area (Å²) < 4.78 is 0. The van der Waals surface area contributed by atoms with E-state index in [0.29, 0.717) is 6.04 Å². The van der Waals surface area contributed by atoms with Crippen LogP contribution in [-0.2, 0) is 0 Å². The number of aromatic nitrogens is 2. The molecule has 1 aliphatic heterocycles. The highest BCUT2D eigenvalue weighted by atomic mass is 15.3. The molecule has 1 aromatic heterocycles. The van der Waals surface area contributed by atoms with Gasteiger partial charge in [0.25, 0.3) is 0 Å². The smallest absolute Gasteiger partial charge is 0.227 e. The first-order chi connectivity index (χ1) is 12.3. The molecule has 0 unspecified atom stereocenters. The second-order valence-electron chi connectivity index (χ2n) is 7.13. The van der Waals surface area contributed by atoms with Gasteiger partial charge in [-0.05, 0) is 31.9 Å². The van der Waals surface area contributed by atoms with E-state index in [1.54, 1.807) is 0 Å². The van der Waals surface area contributed by atoms with Crippen molar-refractivity contribution in [3.05, 3.63) is 42.1 Å². The van der Waals surface area contributed by atoms with Crippen molar-refractivity contribution in [2.45, 2.75) is 38.6 Å². The third kappa shape index (κ3) is 3.86. The summed E-state index contributed by atoms with van der Waals surface area (Å²) in [5.41, 5.74) is 2.34. The zero-order valence-corrected chi connectivity index (χ0v) is 15.0. The normalized spacial score (nSPS) is 18.6. The lowest BCUT2D eigenvalue weighted by atomic mass is 10.2. The maximum atomic E-state index is 4.80. The Bertz CT molecular complexity index is 688. The van der Waals surface area contributed by atoms with E-state index in [2.05, 4.69) is 63.4 Å². The second-order valence-corrected chi connectivity index (χ2v) is 7.13. The third-order valence-electron chi connectivity index (χ3n) is 5.23. The molecule has 2 aliphatic rings. The first-order valence-corrected chi connectivity index (χ1v) is 9.45. The molecule has 1 aliphatic carbocycles. The van der Waals surface area contributed by atoms with Crippen LogP contribution >= 0.6 is 0 Å². The number of hydrogen-bond acceptors (Lipinski definition) is 5. The van der Waals surface area contributed by atoms with E-state index < -0.39 is 0 Å². The van der Waals surface area contributed by atoms with Crippen molar-refractivity contribution in [3.8, 4) is 0 Å². The number of benzene rings is 1. The van der Waals surface area contributed by atoms with Crippen molar-refractivity contribution in [2.24, 2.45) is 0 Å². The van der Waals surface area contributed by atoms with Crippen molar-refractivity contribution in [1.29, 1.82) is 0 Å². The number of para-hydroxylation sites is 1. The summed E-state index contributed by atoms with van der Waals surface area (Å²) >= 11 is 0. The van der Waals surface area contributed by atoms with E-state index >= 15 is 0 Å². The van der Waals surface area contributed by atoms with Crippen LogP contribution in [0.25, 0.3) is 0 Å². The predicted octanol–water partition coefficient (Wildman–Crippen LogP) is 3.47. The van der Waals surface area contributed by atoms with E-state index in [1.807, 2.05) is 0 Å². The molecule has 1 saturated heterocycles. The van der Waals surface area contributed by atoms with E-state index in [-0.39, 0.29) is 0 Å². The molecule has 0 spiro atoms. The van der Waals surface area contributed by atoms with Crippen LogP contribution in [0.4, 0.5) is 17.5 Å². The van der Waals surface area contributed by atoms with Gasteiger partial charge >= 0.3 is 0 Å². The van der Waals surface area contributed by atoms with Crippen LogP contribution in [0.1, 0.15) is 31.4 Å². The number of nitrogens with one attached hydrogen (secondary N) is 1. The lowest BCUT2D eigenvalue weighted by Gasteiger charge is -2.36. The maximum Gasteiger partial charge on any atom is 0.227 e. The Labute approximate surface area is 150 Å². The fourth-order valence-electron chi connectivity index (χ4n) is 3.85. The fourth-order valence-corrected chi connectivity index (χ4v) is 3.85. The molecule has 1 N–H and O–H groups in total. The van der Waals surface area contributed by atoms with Crippen molar-refractivity contribution < 1.29 is 0 Å². The summed E-state index contributed by atoms with van der Waals surface area (Å²) in [5.74, 6) is 1.85. The van der Waals surface area contributed by atoms with E-state index in [0.717, 1.165) is 43.6 Å². The van der Waals surface area contributed by atoms with Gasteiger partial charge in [0, 0.05) is 49.7 Å². The van der Waals surface area contributed by atoms with Crippen LogP contribution in [0.5, 0.6) is 0 Å². The predicted molar refractivity (Wildman–Crippen MR) is 104 cm³/mol. The van der Waals surface area contributed by atoms with E-state index in [9.17, 15) is 0 Å². The third-order valence-corrected chi connectivity index (χ3v) is 5.23. The highest BCUT2D eigenvalue weighted by Crippen LogP contribution is 2.23. The Morgan fingerprint density at radius 1 is 0.920 bits per heavy atom. The zero-order chi connectivity index (χ0) is 17.1. The van der Waals surface area contributed by atoms with Crippen molar-refractivity contribution in [1.82, 2.24) is 9.97 Å². The molecular formula is C20H27N5. The topological polar surface area (TPSA) is 44.3 Å². The molecule has 1 saturated carbocycles. The average molecular weight is 337 g/mol. The first kappa shape index (κ1) is 16.2. The number of nitrogens with zero attached hydrogens (tertiary/aromatic N) is 4. The maximum absolute atomic E-state index is 4.80. The van der Waals surface area contributed by atoms with Gasteiger partial charge in [0.15, 0.2) is 0 Å². The van der Waals surface area contributed by atoms with Gasteiger partial charge in [-0.15, -0.1) is 0 Å². The molecule has 2 fully saturated rings. The van der Waals surface area contributed by atoms with Crippen LogP contribution < -0.4 is 15.1 Å². The van der Waals surface area contributed by atoms with Gasteiger partial charge < -0.3 is 15.1 Å². The number of hydrogen-bond donors (Lipinski definition) is 1. The summed E-state index contributed by atoms with van der Waals surface area (Å²) in [5, 5.41) is 3.61. The first-order valence-electron chi connectivity index (χ1n) is 9.45. The molecule has 4 rings (SSSR count). The molecule has 1 aromatic carbocycles. The summed E-state index contributed by atoms with van der Waals surface area (Å²) in [4.78, 5) is 14.2. The molecule has 5 heteroatoms. The van der Waals surface area contributed by atoms with Gasteiger partial charge in [0.05, 0.1) is 0 Å². The summed E-state index contributed by atoms with van der Waals surface area (Å²) in [6.07, 6.45) is 5.17. The van der Waals surface area contributed by atoms with Gasteiger partial charge in [-0.2, -0.15) is 4.98 Å². The van der Waals surface area contributed by atoms with Gasteiger partial charge in [-0.3, -0.25) is 0 Å². The molecule has 25 heavy (non-hydrogen) atoms. The highest BCUT2D eigenvalue weighted by Gasteiger charge is 2.21. The standard InChI is InChI=1S/C20H27N5/c1-16-15-19(22-17-7-5-6-8-17)23-20(21-16)25-13-11-24(12-14-25)18-9-3-2-4-10-18/h2-4,9-10,15,17H,5-8,11-14H2,1H3,(H,21,22,23). The van der Waals surface area contributed by atoms with Gasteiger partial charge in [0.1, 0.15) is 5.82 Å². The molecule has 0 radical (unpaired) electrons. The molecule has 5 nitrogen and oxygen atoms in total. The minimum atomic E-state index is 0.581. The van der Waals surface area contributed by atoms with Crippen molar-refractivity contribution in [3.63, 3.8) is 0 Å². The average Bonchev–Trinajstić information content (AvgIpc) is 3.15. The van der Waals surface area contributed by atoms with Gasteiger partial charge in [-0.25, -0.2) is 4.98 Å². The summed E-state index contributed by atoms with van der Waals surface area (Å²) in [6.45, 7) is 5.99.